The quantitative estimate of drug-likeness (QED) is 0.868. The van der Waals surface area contributed by atoms with Crippen LogP contribution < -0.4 is 5.32 Å². The van der Waals surface area contributed by atoms with Crippen molar-refractivity contribution in [2.75, 3.05) is 18.7 Å². The van der Waals surface area contributed by atoms with E-state index >= 15 is 0 Å². The van der Waals surface area contributed by atoms with Gasteiger partial charge in [0.05, 0.1) is 24.9 Å². The van der Waals surface area contributed by atoms with Crippen LogP contribution >= 0.6 is 0 Å². The van der Waals surface area contributed by atoms with Gasteiger partial charge in [-0.25, -0.2) is 0 Å². The molecule has 2 unspecified atom stereocenters. The number of aliphatic hydroxyl groups is 1. The van der Waals surface area contributed by atoms with Gasteiger partial charge in [-0.15, -0.1) is 0 Å². The van der Waals surface area contributed by atoms with Crippen molar-refractivity contribution in [2.45, 2.75) is 49.8 Å². The average molecular weight is 328 g/mol. The van der Waals surface area contributed by atoms with E-state index < -0.39 is 5.41 Å². The molecule has 5 nitrogen and oxygen atoms in total. The summed E-state index contributed by atoms with van der Waals surface area (Å²) in [7, 11) is 0. The number of amides is 1. The van der Waals surface area contributed by atoms with Crippen molar-refractivity contribution in [1.29, 1.82) is 0 Å². The fraction of sp³-hybridized carbons (Fsp3) is 0.632. The highest BCUT2D eigenvalue weighted by atomic mass is 16.5. The second kappa shape index (κ2) is 5.04. The van der Waals surface area contributed by atoms with Crippen LogP contribution in [0.4, 0.5) is 5.69 Å². The van der Waals surface area contributed by atoms with Crippen molar-refractivity contribution in [3.63, 3.8) is 0 Å². The molecular weight excluding hydrogens is 304 g/mol. The zero-order chi connectivity index (χ0) is 16.5. The first kappa shape index (κ1) is 14.9. The second-order valence-corrected chi connectivity index (χ2v) is 8.02. The maximum atomic E-state index is 13.1. The van der Waals surface area contributed by atoms with Crippen LogP contribution in [-0.4, -0.2) is 47.4 Å². The van der Waals surface area contributed by atoms with E-state index in [1.807, 2.05) is 25.1 Å². The predicted molar refractivity (Wildman–Crippen MR) is 89.5 cm³/mol. The normalized spacial score (nSPS) is 43.6. The van der Waals surface area contributed by atoms with Crippen LogP contribution in [0.15, 0.2) is 24.3 Å². The number of ether oxygens (including phenoxy) is 1. The van der Waals surface area contributed by atoms with Gasteiger partial charge in [0.2, 0.25) is 5.91 Å². The molecule has 4 aliphatic heterocycles. The minimum absolute atomic E-state index is 0.152. The molecule has 1 spiro atoms. The Hall–Kier alpha value is -1.43. The first-order valence-electron chi connectivity index (χ1n) is 9.04. The number of carbonyl (C=O) groups excluding carboxylic acids is 1. The summed E-state index contributed by atoms with van der Waals surface area (Å²) >= 11 is 0. The van der Waals surface area contributed by atoms with E-state index in [9.17, 15) is 9.90 Å². The number of hydrogen-bond acceptors (Lipinski definition) is 4. The van der Waals surface area contributed by atoms with E-state index in [4.69, 9.17) is 4.74 Å². The third kappa shape index (κ3) is 1.78. The van der Waals surface area contributed by atoms with Gasteiger partial charge < -0.3 is 15.2 Å². The number of rotatable bonds is 2. The van der Waals surface area contributed by atoms with Crippen molar-refractivity contribution in [3.05, 3.63) is 29.8 Å². The van der Waals surface area contributed by atoms with Crippen molar-refractivity contribution in [3.8, 4) is 0 Å². The summed E-state index contributed by atoms with van der Waals surface area (Å²) in [4.78, 5) is 15.5. The summed E-state index contributed by atoms with van der Waals surface area (Å²) in [6.07, 6.45) is 2.35. The Kier molecular flexibility index (Phi) is 3.12. The molecular formula is C19H24N2O3. The van der Waals surface area contributed by atoms with Gasteiger partial charge in [0.15, 0.2) is 0 Å². The molecule has 0 saturated carbocycles. The van der Waals surface area contributed by atoms with Crippen molar-refractivity contribution in [1.82, 2.24) is 4.90 Å². The lowest BCUT2D eigenvalue weighted by Crippen LogP contribution is -2.57. The summed E-state index contributed by atoms with van der Waals surface area (Å²) in [5.74, 6) is 1.00. The van der Waals surface area contributed by atoms with Crippen LogP contribution in [0.3, 0.4) is 0 Å². The van der Waals surface area contributed by atoms with E-state index in [1.54, 1.807) is 0 Å². The summed E-state index contributed by atoms with van der Waals surface area (Å²) in [6, 6.07) is 8.70. The van der Waals surface area contributed by atoms with Crippen molar-refractivity contribution >= 4 is 11.6 Å². The number of fused-ring (bicyclic) bond motifs is 3. The number of para-hydroxylation sites is 1. The molecule has 3 saturated heterocycles. The smallest absolute Gasteiger partial charge is 0.236 e. The number of nitrogens with zero attached hydrogens (tertiary/aromatic N) is 1. The van der Waals surface area contributed by atoms with E-state index in [0.29, 0.717) is 24.6 Å². The number of carbonyl (C=O) groups is 1. The topological polar surface area (TPSA) is 61.8 Å². The van der Waals surface area contributed by atoms with Crippen LogP contribution in [0.5, 0.6) is 0 Å². The Balaban J connectivity index is 1.60. The molecule has 0 aromatic heterocycles. The molecule has 4 bridgehead atoms. The first-order valence-corrected chi connectivity index (χ1v) is 9.04. The van der Waals surface area contributed by atoms with E-state index in [1.165, 1.54) is 0 Å². The lowest BCUT2D eigenvalue weighted by molar-refractivity contribution is -0.138. The maximum absolute atomic E-state index is 13.1. The summed E-state index contributed by atoms with van der Waals surface area (Å²) < 4.78 is 5.87. The fourth-order valence-electron chi connectivity index (χ4n) is 5.91. The van der Waals surface area contributed by atoms with E-state index in [-0.39, 0.29) is 18.1 Å². The third-order valence-corrected chi connectivity index (χ3v) is 6.81. The van der Waals surface area contributed by atoms with Gasteiger partial charge in [-0.2, -0.15) is 0 Å². The number of aliphatic hydroxyl groups excluding tert-OH is 1. The zero-order valence-electron chi connectivity index (χ0n) is 13.9. The fourth-order valence-corrected chi connectivity index (χ4v) is 5.91. The van der Waals surface area contributed by atoms with E-state index in [2.05, 4.69) is 16.3 Å². The Morgan fingerprint density at radius 1 is 1.46 bits per heavy atom. The number of hydrogen-bond donors (Lipinski definition) is 2. The summed E-state index contributed by atoms with van der Waals surface area (Å²) in [5, 5.41) is 13.1. The SMILES string of the molecule is CC(O)C[C@@H]1C[C@@H]2N3COC[C@H]1[C@@H]3C[C@]21C(=O)Nc2ccccc21. The maximum Gasteiger partial charge on any atom is 0.236 e. The van der Waals surface area contributed by atoms with Gasteiger partial charge in [-0.05, 0) is 43.7 Å². The van der Waals surface area contributed by atoms with Crippen LogP contribution in [0, 0.1) is 11.8 Å². The number of anilines is 1. The highest BCUT2D eigenvalue weighted by Gasteiger charge is 2.66. The summed E-state index contributed by atoms with van der Waals surface area (Å²) in [6.45, 7) is 3.25. The molecule has 0 aliphatic carbocycles. The Morgan fingerprint density at radius 2 is 2.29 bits per heavy atom. The molecule has 7 atom stereocenters. The molecule has 24 heavy (non-hydrogen) atoms. The van der Waals surface area contributed by atoms with Crippen molar-refractivity contribution < 1.29 is 14.6 Å². The third-order valence-electron chi connectivity index (χ3n) is 6.81. The van der Waals surface area contributed by atoms with Gasteiger partial charge in [0, 0.05) is 23.7 Å². The molecule has 3 fully saturated rings. The number of nitrogens with one attached hydrogen (secondary N) is 1. The largest absolute Gasteiger partial charge is 0.393 e. The molecule has 1 aromatic carbocycles. The van der Waals surface area contributed by atoms with Gasteiger partial charge in [-0.3, -0.25) is 9.69 Å². The average Bonchev–Trinajstić information content (AvgIpc) is 2.96. The van der Waals surface area contributed by atoms with Crippen LogP contribution in [0.25, 0.3) is 0 Å². The molecule has 1 aromatic rings. The van der Waals surface area contributed by atoms with Crippen molar-refractivity contribution in [2.24, 2.45) is 11.8 Å². The minimum Gasteiger partial charge on any atom is -0.393 e. The van der Waals surface area contributed by atoms with Crippen LogP contribution in [0.2, 0.25) is 0 Å². The molecule has 5 heteroatoms. The Labute approximate surface area is 142 Å². The molecule has 4 heterocycles. The van der Waals surface area contributed by atoms with E-state index in [0.717, 1.165) is 37.1 Å². The van der Waals surface area contributed by atoms with Gasteiger partial charge >= 0.3 is 0 Å². The summed E-state index contributed by atoms with van der Waals surface area (Å²) in [5.41, 5.74) is 1.69. The van der Waals surface area contributed by atoms with Gasteiger partial charge in [-0.1, -0.05) is 18.2 Å². The van der Waals surface area contributed by atoms with Crippen LogP contribution in [0.1, 0.15) is 31.7 Å². The molecule has 4 aliphatic rings. The Morgan fingerprint density at radius 3 is 3.12 bits per heavy atom. The lowest BCUT2D eigenvalue weighted by Gasteiger charge is -2.49. The molecule has 0 radical (unpaired) electrons. The standard InChI is InChI=1S/C19H24N2O3/c1-11(22)6-12-7-17-19(8-16-13(12)9-24-10-21(16)17)14-4-2-3-5-15(14)20-18(19)23/h2-5,11-13,16-17,22H,6-10H2,1H3,(H,20,23)/t11?,12-,13-,16+,17+,19-/m1/s1. The highest BCUT2D eigenvalue weighted by Crippen LogP contribution is 2.58. The molecule has 2 N–H and O–H groups in total. The molecule has 1 amide bonds. The zero-order valence-corrected chi connectivity index (χ0v) is 13.9. The van der Waals surface area contributed by atoms with Crippen LogP contribution in [-0.2, 0) is 14.9 Å². The molecule has 5 rings (SSSR count). The van der Waals surface area contributed by atoms with Gasteiger partial charge in [0.1, 0.15) is 0 Å². The first-order chi connectivity index (χ1) is 11.6. The molecule has 128 valence electrons. The predicted octanol–water partition coefficient (Wildman–Crippen LogP) is 1.71. The highest BCUT2D eigenvalue weighted by molar-refractivity contribution is 6.07. The number of piperidine rings is 1. The second-order valence-electron chi connectivity index (χ2n) is 8.02. The minimum atomic E-state index is -0.444. The monoisotopic (exact) mass is 328 g/mol. The number of benzene rings is 1. The Bertz CT molecular complexity index is 691. The van der Waals surface area contributed by atoms with Gasteiger partial charge in [0.25, 0.3) is 0 Å². The lowest BCUT2D eigenvalue weighted by atomic mass is 9.72.